The number of carbonyl (C=O) groups excluding carboxylic acids is 3. The van der Waals surface area contributed by atoms with Crippen LogP contribution in [0, 0.1) is 5.92 Å². The monoisotopic (exact) mass is 339 g/mol. The van der Waals surface area contributed by atoms with Crippen LogP contribution >= 0.6 is 0 Å². The van der Waals surface area contributed by atoms with Gasteiger partial charge in [-0.2, -0.15) is 0 Å². The second-order valence-corrected chi connectivity index (χ2v) is 6.56. The molecule has 134 valence electrons. The van der Waals surface area contributed by atoms with Crippen molar-refractivity contribution < 1.29 is 24.3 Å². The average Bonchev–Trinajstić information content (AvgIpc) is 2.80. The third-order valence-corrected chi connectivity index (χ3v) is 5.20. The minimum Gasteiger partial charge on any atom is -0.481 e. The lowest BCUT2D eigenvalue weighted by Crippen LogP contribution is -2.48. The lowest BCUT2D eigenvalue weighted by molar-refractivity contribution is -0.143. The third-order valence-electron chi connectivity index (χ3n) is 5.20. The zero-order valence-electron chi connectivity index (χ0n) is 14.1. The third kappa shape index (κ3) is 3.52. The van der Waals surface area contributed by atoms with E-state index >= 15 is 0 Å². The summed E-state index contributed by atoms with van der Waals surface area (Å²) in [5, 5.41) is 14.5. The number of urea groups is 1. The van der Waals surface area contributed by atoms with Crippen LogP contribution in [0.3, 0.4) is 0 Å². The van der Waals surface area contributed by atoms with Crippen LogP contribution in [0.5, 0.6) is 0 Å². The van der Waals surface area contributed by atoms with Crippen molar-refractivity contribution in [1.29, 1.82) is 0 Å². The van der Waals surface area contributed by atoms with Gasteiger partial charge in [0.15, 0.2) is 0 Å². The molecule has 0 aromatic rings. The first-order valence-electron chi connectivity index (χ1n) is 8.49. The smallest absolute Gasteiger partial charge is 0.325 e. The van der Waals surface area contributed by atoms with Gasteiger partial charge in [0, 0.05) is 6.04 Å². The van der Waals surface area contributed by atoms with Crippen molar-refractivity contribution >= 4 is 23.8 Å². The molecule has 2 rings (SSSR count). The molecule has 1 aliphatic heterocycles. The summed E-state index contributed by atoms with van der Waals surface area (Å²) in [6.45, 7) is 3.35. The van der Waals surface area contributed by atoms with Crippen molar-refractivity contribution in [1.82, 2.24) is 15.5 Å². The van der Waals surface area contributed by atoms with Gasteiger partial charge in [-0.25, -0.2) is 4.79 Å². The summed E-state index contributed by atoms with van der Waals surface area (Å²) in [5.74, 6) is -1.89. The Hall–Kier alpha value is -2.12. The van der Waals surface area contributed by atoms with E-state index in [0.29, 0.717) is 38.5 Å². The van der Waals surface area contributed by atoms with Gasteiger partial charge in [-0.1, -0.05) is 13.8 Å². The number of carboxylic acids is 1. The predicted molar refractivity (Wildman–Crippen MR) is 85.1 cm³/mol. The first kappa shape index (κ1) is 18.2. The summed E-state index contributed by atoms with van der Waals surface area (Å²) in [6, 6.07) is -0.635. The Kier molecular flexibility index (Phi) is 5.46. The van der Waals surface area contributed by atoms with Crippen molar-refractivity contribution in [3.8, 4) is 0 Å². The van der Waals surface area contributed by atoms with Gasteiger partial charge < -0.3 is 15.7 Å². The Labute approximate surface area is 141 Å². The van der Waals surface area contributed by atoms with Gasteiger partial charge in [0.25, 0.3) is 5.91 Å². The van der Waals surface area contributed by atoms with Crippen LogP contribution in [0.15, 0.2) is 0 Å². The Morgan fingerprint density at radius 1 is 1.21 bits per heavy atom. The highest BCUT2D eigenvalue weighted by Crippen LogP contribution is 2.26. The van der Waals surface area contributed by atoms with Crippen LogP contribution < -0.4 is 10.6 Å². The molecule has 8 heteroatoms. The van der Waals surface area contributed by atoms with Gasteiger partial charge in [-0.05, 0) is 38.5 Å². The van der Waals surface area contributed by atoms with Crippen molar-refractivity contribution in [2.45, 2.75) is 64.0 Å². The van der Waals surface area contributed by atoms with Crippen LogP contribution in [0.25, 0.3) is 0 Å². The molecule has 0 bridgehead atoms. The molecule has 0 spiro atoms. The number of nitrogens with one attached hydrogen (secondary N) is 2. The second-order valence-electron chi connectivity index (χ2n) is 6.56. The van der Waals surface area contributed by atoms with Gasteiger partial charge in [0.05, 0.1) is 5.92 Å². The largest absolute Gasteiger partial charge is 0.481 e. The highest BCUT2D eigenvalue weighted by molar-refractivity contribution is 6.09. The van der Waals surface area contributed by atoms with E-state index in [1.807, 2.05) is 13.8 Å². The molecule has 1 aliphatic carbocycles. The van der Waals surface area contributed by atoms with Crippen LogP contribution in [-0.4, -0.2) is 51.9 Å². The zero-order valence-corrected chi connectivity index (χ0v) is 14.1. The SMILES string of the molecule is CCC1(CC)NC(=O)N(CC(=O)NC2CCC(C(=O)O)CC2)C1=O. The fourth-order valence-electron chi connectivity index (χ4n) is 3.45. The molecular formula is C16H25N3O5. The maximum atomic E-state index is 12.4. The normalized spacial score (nSPS) is 26.2. The molecule has 0 unspecified atom stereocenters. The molecule has 1 heterocycles. The molecule has 4 amide bonds. The zero-order chi connectivity index (χ0) is 17.9. The van der Waals surface area contributed by atoms with E-state index in [2.05, 4.69) is 10.6 Å². The van der Waals surface area contributed by atoms with Gasteiger partial charge in [0.2, 0.25) is 5.91 Å². The lowest BCUT2D eigenvalue weighted by atomic mass is 9.86. The van der Waals surface area contributed by atoms with Crippen molar-refractivity contribution in [2.24, 2.45) is 5.92 Å². The highest BCUT2D eigenvalue weighted by atomic mass is 16.4. The molecule has 1 saturated carbocycles. The van der Waals surface area contributed by atoms with Crippen molar-refractivity contribution in [3.05, 3.63) is 0 Å². The fourth-order valence-corrected chi connectivity index (χ4v) is 3.45. The van der Waals surface area contributed by atoms with E-state index in [0.717, 1.165) is 4.90 Å². The fraction of sp³-hybridized carbons (Fsp3) is 0.750. The average molecular weight is 339 g/mol. The van der Waals surface area contributed by atoms with Gasteiger partial charge in [0.1, 0.15) is 12.1 Å². The minimum atomic E-state index is -0.906. The first-order valence-corrected chi connectivity index (χ1v) is 8.49. The summed E-state index contributed by atoms with van der Waals surface area (Å²) in [6.07, 6.45) is 3.20. The number of carbonyl (C=O) groups is 4. The standard InChI is InChI=1S/C16H25N3O5/c1-3-16(4-2)14(23)19(15(24)18-16)9-12(20)17-11-7-5-10(6-8-11)13(21)22/h10-11H,3-9H2,1-2H3,(H,17,20)(H,18,24)(H,21,22). The van der Waals surface area contributed by atoms with E-state index in [4.69, 9.17) is 5.11 Å². The Morgan fingerprint density at radius 2 is 1.79 bits per heavy atom. The molecule has 0 aromatic heterocycles. The molecular weight excluding hydrogens is 314 g/mol. The highest BCUT2D eigenvalue weighted by Gasteiger charge is 2.49. The van der Waals surface area contributed by atoms with E-state index in [1.54, 1.807) is 0 Å². The van der Waals surface area contributed by atoms with E-state index in [1.165, 1.54) is 0 Å². The number of hydrogen-bond acceptors (Lipinski definition) is 4. The van der Waals surface area contributed by atoms with E-state index in [-0.39, 0.29) is 30.3 Å². The number of imide groups is 1. The van der Waals surface area contributed by atoms with E-state index in [9.17, 15) is 19.2 Å². The molecule has 0 radical (unpaired) electrons. The Morgan fingerprint density at radius 3 is 2.25 bits per heavy atom. The van der Waals surface area contributed by atoms with E-state index < -0.39 is 17.5 Å². The van der Waals surface area contributed by atoms with Gasteiger partial charge in [-0.3, -0.25) is 19.3 Å². The number of aliphatic carboxylic acids is 1. The number of hydrogen-bond donors (Lipinski definition) is 3. The minimum absolute atomic E-state index is 0.101. The molecule has 3 N–H and O–H groups in total. The second kappa shape index (κ2) is 7.19. The topological polar surface area (TPSA) is 116 Å². The predicted octanol–water partition coefficient (Wildman–Crippen LogP) is 0.857. The van der Waals surface area contributed by atoms with Crippen LogP contribution in [-0.2, 0) is 14.4 Å². The molecule has 1 saturated heterocycles. The first-order chi connectivity index (χ1) is 11.3. The summed E-state index contributed by atoms with van der Waals surface area (Å²) in [4.78, 5) is 48.5. The number of amides is 4. The summed E-state index contributed by atoms with van der Waals surface area (Å²) in [5.41, 5.74) is -0.906. The molecule has 2 fully saturated rings. The summed E-state index contributed by atoms with van der Waals surface area (Å²) >= 11 is 0. The van der Waals surface area contributed by atoms with Crippen molar-refractivity contribution in [2.75, 3.05) is 6.54 Å². The lowest BCUT2D eigenvalue weighted by Gasteiger charge is -2.27. The summed E-state index contributed by atoms with van der Waals surface area (Å²) < 4.78 is 0. The molecule has 0 atom stereocenters. The Balaban J connectivity index is 1.88. The summed E-state index contributed by atoms with van der Waals surface area (Å²) in [7, 11) is 0. The van der Waals surface area contributed by atoms with Crippen LogP contribution in [0.2, 0.25) is 0 Å². The maximum absolute atomic E-state index is 12.4. The molecule has 0 aromatic carbocycles. The van der Waals surface area contributed by atoms with Crippen LogP contribution in [0.1, 0.15) is 52.4 Å². The number of rotatable bonds is 6. The van der Waals surface area contributed by atoms with Gasteiger partial charge >= 0.3 is 12.0 Å². The van der Waals surface area contributed by atoms with Crippen molar-refractivity contribution in [3.63, 3.8) is 0 Å². The molecule has 24 heavy (non-hydrogen) atoms. The Bertz CT molecular complexity index is 536. The van der Waals surface area contributed by atoms with Gasteiger partial charge in [-0.15, -0.1) is 0 Å². The number of nitrogens with zero attached hydrogens (tertiary/aromatic N) is 1. The quantitative estimate of drug-likeness (QED) is 0.621. The number of carboxylic acid groups (broad SMARTS) is 1. The molecule has 2 aliphatic rings. The van der Waals surface area contributed by atoms with Crippen LogP contribution in [0.4, 0.5) is 4.79 Å². The maximum Gasteiger partial charge on any atom is 0.325 e. The molecule has 8 nitrogen and oxygen atoms in total.